The van der Waals surface area contributed by atoms with E-state index in [1.165, 1.54) is 5.56 Å². The van der Waals surface area contributed by atoms with Gasteiger partial charge in [-0.3, -0.25) is 4.79 Å². The van der Waals surface area contributed by atoms with E-state index in [1.807, 2.05) is 61.5 Å². The lowest BCUT2D eigenvalue weighted by molar-refractivity contribution is -0.168. The van der Waals surface area contributed by atoms with Crippen molar-refractivity contribution in [3.8, 4) is 11.8 Å². The molecular formula is C36H42O6. The van der Waals surface area contributed by atoms with Gasteiger partial charge < -0.3 is 19.0 Å². The van der Waals surface area contributed by atoms with Gasteiger partial charge >= 0.3 is 11.9 Å². The van der Waals surface area contributed by atoms with Crippen molar-refractivity contribution in [1.82, 2.24) is 0 Å². The number of cyclic esters (lactones) is 1. The Morgan fingerprint density at radius 2 is 1.76 bits per heavy atom. The van der Waals surface area contributed by atoms with E-state index in [1.54, 1.807) is 6.92 Å². The monoisotopic (exact) mass is 570 g/mol. The fourth-order valence-electron chi connectivity index (χ4n) is 5.38. The number of rotatable bonds is 12. The van der Waals surface area contributed by atoms with E-state index in [0.29, 0.717) is 23.7 Å². The zero-order valence-corrected chi connectivity index (χ0v) is 25.2. The van der Waals surface area contributed by atoms with Crippen molar-refractivity contribution in [2.75, 3.05) is 13.2 Å². The number of aliphatic hydroxyl groups excluding tert-OH is 1. The minimum absolute atomic E-state index is 0.188. The molecule has 222 valence electrons. The molecule has 0 amide bonds. The Bertz CT molecular complexity index is 1460. The maximum atomic E-state index is 12.9. The van der Waals surface area contributed by atoms with Crippen LogP contribution in [0.2, 0.25) is 0 Å². The summed E-state index contributed by atoms with van der Waals surface area (Å²) in [5, 5.41) is 11.0. The predicted molar refractivity (Wildman–Crippen MR) is 164 cm³/mol. The van der Waals surface area contributed by atoms with Crippen LogP contribution < -0.4 is 0 Å². The first kappa shape index (κ1) is 31.1. The molecule has 1 aromatic heterocycles. The third-order valence-electron chi connectivity index (χ3n) is 7.82. The number of allylic oxidation sites excluding steroid dienone is 1. The van der Waals surface area contributed by atoms with Gasteiger partial charge in [-0.15, -0.1) is 0 Å². The molecular weight excluding hydrogens is 528 g/mol. The Hall–Kier alpha value is -3.82. The molecule has 1 saturated heterocycles. The van der Waals surface area contributed by atoms with E-state index in [4.69, 9.17) is 13.9 Å². The summed E-state index contributed by atoms with van der Waals surface area (Å²) in [7, 11) is 0. The maximum absolute atomic E-state index is 12.9. The Labute approximate surface area is 249 Å². The van der Waals surface area contributed by atoms with Crippen LogP contribution in [0.15, 0.2) is 64.6 Å². The minimum Gasteiger partial charge on any atom is -0.461 e. The van der Waals surface area contributed by atoms with Crippen molar-refractivity contribution >= 4 is 22.9 Å². The van der Waals surface area contributed by atoms with Crippen LogP contribution in [0.25, 0.3) is 11.0 Å². The SMILES string of the molecule is CCCC(C/C=C1\C[C@@](CO)(COC(=O)[C@H](C)Cc2cc3cc(C#Cc4ccc(C)cc4)ccc3o2)OC1=O)CCC. The molecule has 0 saturated carbocycles. The number of esters is 2. The highest BCUT2D eigenvalue weighted by Gasteiger charge is 2.44. The molecule has 42 heavy (non-hydrogen) atoms. The highest BCUT2D eigenvalue weighted by molar-refractivity contribution is 5.91. The van der Waals surface area contributed by atoms with E-state index in [2.05, 4.69) is 25.7 Å². The maximum Gasteiger partial charge on any atom is 0.334 e. The third kappa shape index (κ3) is 8.14. The van der Waals surface area contributed by atoms with Crippen molar-refractivity contribution in [2.45, 2.75) is 78.2 Å². The van der Waals surface area contributed by atoms with E-state index in [9.17, 15) is 14.7 Å². The van der Waals surface area contributed by atoms with Gasteiger partial charge in [0, 0.05) is 34.9 Å². The molecule has 1 fully saturated rings. The summed E-state index contributed by atoms with van der Waals surface area (Å²) < 4.78 is 17.1. The molecule has 1 aliphatic heterocycles. The van der Waals surface area contributed by atoms with Gasteiger partial charge in [-0.25, -0.2) is 4.79 Å². The molecule has 1 aliphatic rings. The minimum atomic E-state index is -1.24. The van der Waals surface area contributed by atoms with Crippen molar-refractivity contribution in [3.05, 3.63) is 82.6 Å². The zero-order valence-electron chi connectivity index (χ0n) is 25.2. The molecule has 0 spiro atoms. The topological polar surface area (TPSA) is 86.0 Å². The number of furan rings is 1. The second kappa shape index (κ2) is 14.4. The largest absolute Gasteiger partial charge is 0.461 e. The summed E-state index contributed by atoms with van der Waals surface area (Å²) in [6, 6.07) is 15.8. The number of benzene rings is 2. The number of fused-ring (bicyclic) bond motifs is 1. The van der Waals surface area contributed by atoms with Crippen LogP contribution >= 0.6 is 0 Å². The summed E-state index contributed by atoms with van der Waals surface area (Å²) in [4.78, 5) is 25.4. The first-order valence-electron chi connectivity index (χ1n) is 15.0. The Morgan fingerprint density at radius 3 is 2.45 bits per heavy atom. The summed E-state index contributed by atoms with van der Waals surface area (Å²) in [6.45, 7) is 7.55. The molecule has 2 aromatic carbocycles. The van der Waals surface area contributed by atoms with Crippen LogP contribution in [0.5, 0.6) is 0 Å². The Kier molecular flexibility index (Phi) is 10.7. The summed E-state index contributed by atoms with van der Waals surface area (Å²) in [5.74, 6) is 6.21. The third-order valence-corrected chi connectivity index (χ3v) is 7.82. The van der Waals surface area contributed by atoms with E-state index < -0.39 is 30.1 Å². The smallest absolute Gasteiger partial charge is 0.334 e. The van der Waals surface area contributed by atoms with Gasteiger partial charge in [0.2, 0.25) is 0 Å². The van der Waals surface area contributed by atoms with Crippen LogP contribution in [0.4, 0.5) is 0 Å². The summed E-state index contributed by atoms with van der Waals surface area (Å²) in [6.07, 6.45) is 7.77. The number of carbonyl (C=O) groups is 2. The van der Waals surface area contributed by atoms with Crippen molar-refractivity contribution < 1.29 is 28.6 Å². The van der Waals surface area contributed by atoms with Gasteiger partial charge in [0.05, 0.1) is 12.5 Å². The van der Waals surface area contributed by atoms with Crippen LogP contribution in [0.1, 0.15) is 81.7 Å². The number of hydrogen-bond acceptors (Lipinski definition) is 6. The van der Waals surface area contributed by atoms with Crippen LogP contribution in [-0.4, -0.2) is 35.9 Å². The highest BCUT2D eigenvalue weighted by atomic mass is 16.6. The van der Waals surface area contributed by atoms with Crippen LogP contribution in [-0.2, 0) is 25.5 Å². The van der Waals surface area contributed by atoms with Crippen molar-refractivity contribution in [1.29, 1.82) is 0 Å². The summed E-state index contributed by atoms with van der Waals surface area (Å²) >= 11 is 0. The molecule has 0 radical (unpaired) electrons. The summed E-state index contributed by atoms with van der Waals surface area (Å²) in [5.41, 5.74) is 3.07. The average molecular weight is 571 g/mol. The standard InChI is InChI=1S/C36H42O6/c1-5-7-27(8-6-2)15-17-30-22-36(23-37,42-35(30)39)24-40-34(38)26(4)19-32-21-31-20-29(16-18-33(31)41-32)14-13-28-11-9-25(3)10-12-28/h9-12,16-18,20-21,26-27,37H,5-8,15,19,22-24H2,1-4H3/b30-17+/t26-,36-/m1/s1. The molecule has 4 rings (SSSR count). The van der Waals surface area contributed by atoms with Gasteiger partial charge in [-0.1, -0.05) is 82.1 Å². The molecule has 2 atom stereocenters. The van der Waals surface area contributed by atoms with E-state index >= 15 is 0 Å². The molecule has 0 bridgehead atoms. The van der Waals surface area contributed by atoms with Crippen molar-refractivity contribution in [2.24, 2.45) is 11.8 Å². The van der Waals surface area contributed by atoms with Crippen LogP contribution in [0, 0.1) is 30.6 Å². The van der Waals surface area contributed by atoms with Crippen LogP contribution in [0.3, 0.4) is 0 Å². The number of aryl methyl sites for hydroxylation is 1. The Morgan fingerprint density at radius 1 is 1.07 bits per heavy atom. The number of carbonyl (C=O) groups excluding carboxylic acids is 2. The van der Waals surface area contributed by atoms with Gasteiger partial charge in [0.1, 0.15) is 18.0 Å². The van der Waals surface area contributed by atoms with E-state index in [-0.39, 0.29) is 13.0 Å². The number of hydrogen-bond donors (Lipinski definition) is 1. The molecule has 0 aliphatic carbocycles. The molecule has 2 heterocycles. The molecule has 6 nitrogen and oxygen atoms in total. The lowest BCUT2D eigenvalue weighted by atomic mass is 9.92. The number of ether oxygens (including phenoxy) is 2. The van der Waals surface area contributed by atoms with Gasteiger partial charge in [0.25, 0.3) is 0 Å². The highest BCUT2D eigenvalue weighted by Crippen LogP contribution is 2.33. The zero-order chi connectivity index (χ0) is 30.1. The van der Waals surface area contributed by atoms with E-state index in [0.717, 1.165) is 54.2 Å². The fraction of sp³-hybridized carbons (Fsp3) is 0.444. The molecule has 1 N–H and O–H groups in total. The predicted octanol–water partition coefficient (Wildman–Crippen LogP) is 7.07. The lowest BCUT2D eigenvalue weighted by Crippen LogP contribution is -2.40. The second-order valence-corrected chi connectivity index (χ2v) is 11.6. The molecule has 3 aromatic rings. The van der Waals surface area contributed by atoms with Gasteiger partial charge in [-0.05, 0) is 55.7 Å². The normalized spacial score (nSPS) is 18.2. The first-order chi connectivity index (χ1) is 20.2. The fourth-order valence-corrected chi connectivity index (χ4v) is 5.38. The first-order valence-corrected chi connectivity index (χ1v) is 15.0. The molecule has 6 heteroatoms. The number of aliphatic hydroxyl groups is 1. The van der Waals surface area contributed by atoms with Crippen molar-refractivity contribution in [3.63, 3.8) is 0 Å². The second-order valence-electron chi connectivity index (χ2n) is 11.6. The quantitative estimate of drug-likeness (QED) is 0.142. The average Bonchev–Trinajstić information content (AvgIpc) is 3.53. The molecule has 0 unspecified atom stereocenters. The van der Waals surface area contributed by atoms with Gasteiger partial charge in [0.15, 0.2) is 5.60 Å². The Balaban J connectivity index is 1.34. The lowest BCUT2D eigenvalue weighted by Gasteiger charge is -2.25. The van der Waals surface area contributed by atoms with Gasteiger partial charge in [-0.2, -0.15) is 0 Å².